The molecule has 35 heavy (non-hydrogen) atoms. The molecule has 0 spiro atoms. The average molecular weight is 450 g/mol. The van der Waals surface area contributed by atoms with Crippen molar-refractivity contribution in [3.8, 4) is 28.1 Å². The molecule has 2 heterocycles. The fraction of sp³-hybridized carbons (Fsp3) is 0.0625. The van der Waals surface area contributed by atoms with Gasteiger partial charge in [0.15, 0.2) is 5.69 Å². The van der Waals surface area contributed by atoms with Gasteiger partial charge in [0.2, 0.25) is 0 Å². The quantitative estimate of drug-likeness (QED) is 0.248. The van der Waals surface area contributed by atoms with E-state index in [-0.39, 0.29) is 0 Å². The Morgan fingerprint density at radius 2 is 1.46 bits per heavy atom. The van der Waals surface area contributed by atoms with Gasteiger partial charge in [-0.1, -0.05) is 54.6 Å². The third-order valence-corrected chi connectivity index (χ3v) is 6.73. The van der Waals surface area contributed by atoms with Gasteiger partial charge in [-0.05, 0) is 73.0 Å². The molecular weight excluding hydrogens is 426 g/mol. The summed E-state index contributed by atoms with van der Waals surface area (Å²) in [5.74, 6) is 0. The fourth-order valence-corrected chi connectivity index (χ4v) is 4.95. The van der Waals surface area contributed by atoms with Crippen LogP contribution in [0.15, 0.2) is 103 Å². The number of para-hydroxylation sites is 2. The van der Waals surface area contributed by atoms with E-state index in [1.807, 2.05) is 30.5 Å². The molecule has 0 saturated carbocycles. The molecular formula is C32H23N3. The molecule has 0 atom stereocenters. The first-order chi connectivity index (χ1) is 17.1. The van der Waals surface area contributed by atoms with E-state index in [0.717, 1.165) is 39.2 Å². The maximum Gasteiger partial charge on any atom is 0.187 e. The highest BCUT2D eigenvalue weighted by Crippen LogP contribution is 2.36. The second-order valence-corrected chi connectivity index (χ2v) is 8.92. The van der Waals surface area contributed by atoms with Crippen molar-refractivity contribution in [1.29, 1.82) is 0 Å². The molecule has 0 aliphatic carbocycles. The zero-order chi connectivity index (χ0) is 23.9. The summed E-state index contributed by atoms with van der Waals surface area (Å²) in [6.07, 6.45) is 1.94. The zero-order valence-corrected chi connectivity index (χ0v) is 19.7. The minimum atomic E-state index is 0.648. The van der Waals surface area contributed by atoms with Gasteiger partial charge < -0.3 is 4.57 Å². The van der Waals surface area contributed by atoms with Crippen LogP contribution in [0, 0.1) is 20.4 Å². The molecule has 0 saturated heterocycles. The minimum Gasteiger partial charge on any atom is -0.309 e. The van der Waals surface area contributed by atoms with E-state index in [4.69, 9.17) is 11.6 Å². The maximum atomic E-state index is 7.36. The third kappa shape index (κ3) is 3.48. The lowest BCUT2D eigenvalue weighted by Gasteiger charge is -2.12. The summed E-state index contributed by atoms with van der Waals surface area (Å²) in [4.78, 5) is 8.45. The van der Waals surface area contributed by atoms with E-state index in [1.54, 1.807) is 0 Å². The summed E-state index contributed by atoms with van der Waals surface area (Å²) in [6, 6.07) is 33.6. The molecule has 6 aromatic rings. The van der Waals surface area contributed by atoms with Crippen molar-refractivity contribution >= 4 is 27.5 Å². The highest BCUT2D eigenvalue weighted by molar-refractivity contribution is 6.10. The van der Waals surface area contributed by atoms with E-state index in [1.165, 1.54) is 21.8 Å². The van der Waals surface area contributed by atoms with Crippen molar-refractivity contribution in [2.24, 2.45) is 0 Å². The Bertz CT molecular complexity index is 1770. The minimum absolute atomic E-state index is 0.648. The lowest BCUT2D eigenvalue weighted by molar-refractivity contribution is 1.18. The van der Waals surface area contributed by atoms with Crippen LogP contribution in [0.2, 0.25) is 0 Å². The number of aryl methyl sites for hydroxylation is 2. The standard InChI is InChI=1S/C32H23N3/c1-21-13-15-24(33-3)19-27(21)29-20-34-30(17-22(29)2)23-14-16-32-28(18-23)26-11-7-8-12-31(26)35(32)25-9-5-4-6-10-25/h4-20H,1-2H3. The molecule has 3 heteroatoms. The van der Waals surface area contributed by atoms with Crippen molar-refractivity contribution in [2.75, 3.05) is 0 Å². The van der Waals surface area contributed by atoms with Crippen LogP contribution < -0.4 is 0 Å². The normalized spacial score (nSPS) is 11.1. The molecule has 0 radical (unpaired) electrons. The first kappa shape index (κ1) is 20.9. The Kier molecular flexibility index (Phi) is 4.94. The van der Waals surface area contributed by atoms with Crippen LogP contribution in [0.3, 0.4) is 0 Å². The first-order valence-electron chi connectivity index (χ1n) is 11.7. The molecule has 6 rings (SSSR count). The van der Waals surface area contributed by atoms with Crippen molar-refractivity contribution in [2.45, 2.75) is 13.8 Å². The number of benzene rings is 4. The Morgan fingerprint density at radius 1 is 0.686 bits per heavy atom. The zero-order valence-electron chi connectivity index (χ0n) is 19.7. The number of aromatic nitrogens is 2. The molecule has 4 aromatic carbocycles. The molecule has 0 aliphatic heterocycles. The van der Waals surface area contributed by atoms with E-state index < -0.39 is 0 Å². The Labute approximate surface area is 204 Å². The number of hydrogen-bond acceptors (Lipinski definition) is 1. The van der Waals surface area contributed by atoms with E-state index in [2.05, 4.69) is 96.1 Å². The number of pyridine rings is 1. The molecule has 0 amide bonds. The second kappa shape index (κ2) is 8.27. The Morgan fingerprint density at radius 3 is 2.26 bits per heavy atom. The Balaban J connectivity index is 1.50. The van der Waals surface area contributed by atoms with E-state index >= 15 is 0 Å². The van der Waals surface area contributed by atoms with Crippen LogP contribution in [0.4, 0.5) is 5.69 Å². The van der Waals surface area contributed by atoms with Crippen LogP contribution in [-0.2, 0) is 0 Å². The smallest absolute Gasteiger partial charge is 0.187 e. The van der Waals surface area contributed by atoms with Gasteiger partial charge in [0, 0.05) is 33.8 Å². The summed E-state index contributed by atoms with van der Waals surface area (Å²) < 4.78 is 2.32. The first-order valence-corrected chi connectivity index (χ1v) is 11.7. The summed E-state index contributed by atoms with van der Waals surface area (Å²) >= 11 is 0. The van der Waals surface area contributed by atoms with Gasteiger partial charge in [-0.15, -0.1) is 0 Å². The molecule has 0 unspecified atom stereocenters. The number of fused-ring (bicyclic) bond motifs is 3. The van der Waals surface area contributed by atoms with Crippen LogP contribution in [0.5, 0.6) is 0 Å². The predicted octanol–water partition coefficient (Wildman–Crippen LogP) is 8.68. The van der Waals surface area contributed by atoms with Gasteiger partial charge in [-0.3, -0.25) is 4.98 Å². The van der Waals surface area contributed by atoms with Crippen molar-refractivity contribution in [3.63, 3.8) is 0 Å². The maximum absolute atomic E-state index is 7.36. The lowest BCUT2D eigenvalue weighted by Crippen LogP contribution is -1.93. The summed E-state index contributed by atoms with van der Waals surface area (Å²) in [5.41, 5.74) is 10.6. The monoisotopic (exact) mass is 449 g/mol. The summed E-state index contributed by atoms with van der Waals surface area (Å²) in [7, 11) is 0. The average Bonchev–Trinajstić information content (AvgIpc) is 3.23. The van der Waals surface area contributed by atoms with Gasteiger partial charge in [0.05, 0.1) is 23.3 Å². The topological polar surface area (TPSA) is 22.2 Å². The number of rotatable bonds is 3. The molecule has 0 N–H and O–H groups in total. The molecule has 2 aromatic heterocycles. The van der Waals surface area contributed by atoms with Gasteiger partial charge >= 0.3 is 0 Å². The molecule has 166 valence electrons. The van der Waals surface area contributed by atoms with Crippen molar-refractivity contribution in [1.82, 2.24) is 9.55 Å². The second-order valence-electron chi connectivity index (χ2n) is 8.92. The van der Waals surface area contributed by atoms with Crippen LogP contribution in [0.1, 0.15) is 11.1 Å². The SMILES string of the molecule is [C-]#[N+]c1ccc(C)c(-c2cnc(-c3ccc4c(c3)c3ccccc3n4-c3ccccc3)cc2C)c1. The Hall–Kier alpha value is -4.68. The van der Waals surface area contributed by atoms with Crippen LogP contribution in [-0.4, -0.2) is 9.55 Å². The highest BCUT2D eigenvalue weighted by Gasteiger charge is 2.14. The third-order valence-electron chi connectivity index (χ3n) is 6.73. The molecule has 3 nitrogen and oxygen atoms in total. The highest BCUT2D eigenvalue weighted by atomic mass is 15.0. The van der Waals surface area contributed by atoms with Gasteiger partial charge in [0.25, 0.3) is 0 Å². The van der Waals surface area contributed by atoms with Gasteiger partial charge in [-0.2, -0.15) is 0 Å². The number of hydrogen-bond donors (Lipinski definition) is 0. The van der Waals surface area contributed by atoms with Crippen molar-refractivity contribution < 1.29 is 0 Å². The lowest BCUT2D eigenvalue weighted by atomic mass is 9.96. The van der Waals surface area contributed by atoms with E-state index in [9.17, 15) is 0 Å². The van der Waals surface area contributed by atoms with Gasteiger partial charge in [-0.25, -0.2) is 4.85 Å². The van der Waals surface area contributed by atoms with Crippen LogP contribution in [0.25, 0.3) is 54.7 Å². The number of nitrogens with zero attached hydrogens (tertiary/aromatic N) is 3. The largest absolute Gasteiger partial charge is 0.309 e. The molecule has 0 bridgehead atoms. The van der Waals surface area contributed by atoms with Crippen LogP contribution >= 0.6 is 0 Å². The summed E-state index contributed by atoms with van der Waals surface area (Å²) in [5, 5.41) is 2.44. The molecule has 0 fully saturated rings. The summed E-state index contributed by atoms with van der Waals surface area (Å²) in [6.45, 7) is 11.6. The predicted molar refractivity (Wildman–Crippen MR) is 145 cm³/mol. The van der Waals surface area contributed by atoms with Crippen molar-refractivity contribution in [3.05, 3.63) is 126 Å². The fourth-order valence-electron chi connectivity index (χ4n) is 4.95. The van der Waals surface area contributed by atoms with Gasteiger partial charge in [0.1, 0.15) is 0 Å². The molecule has 0 aliphatic rings. The van der Waals surface area contributed by atoms with E-state index in [0.29, 0.717) is 5.69 Å².